The van der Waals surface area contributed by atoms with Gasteiger partial charge in [-0.15, -0.1) is 0 Å². The van der Waals surface area contributed by atoms with Gasteiger partial charge in [0.2, 0.25) is 0 Å². The molecule has 0 aliphatic heterocycles. The molecule has 0 aromatic rings. The molecule has 1 saturated carbocycles. The summed E-state index contributed by atoms with van der Waals surface area (Å²) < 4.78 is 0. The van der Waals surface area contributed by atoms with E-state index in [0.717, 1.165) is 25.4 Å². The largest absolute Gasteiger partial charge is 0.330 e. The van der Waals surface area contributed by atoms with Crippen LogP contribution in [0.4, 0.5) is 0 Å². The van der Waals surface area contributed by atoms with Crippen LogP contribution in [0.5, 0.6) is 0 Å². The van der Waals surface area contributed by atoms with Crippen LogP contribution in [0.2, 0.25) is 0 Å². The molecule has 0 radical (unpaired) electrons. The third-order valence-corrected chi connectivity index (χ3v) is 2.92. The van der Waals surface area contributed by atoms with Gasteiger partial charge in [-0.3, -0.25) is 0 Å². The number of unbranched alkanes of at least 4 members (excludes halogenated alkanes) is 1. The lowest BCUT2D eigenvalue weighted by Crippen LogP contribution is -2.20. The first-order chi connectivity index (χ1) is 5.67. The van der Waals surface area contributed by atoms with Crippen molar-refractivity contribution in [3.8, 4) is 0 Å². The quantitative estimate of drug-likeness (QED) is 0.591. The lowest BCUT2D eigenvalue weighted by molar-refractivity contribution is 0.513. The van der Waals surface area contributed by atoms with Crippen molar-refractivity contribution in [2.45, 2.75) is 33.1 Å². The third-order valence-electron chi connectivity index (χ3n) is 2.92. The van der Waals surface area contributed by atoms with Gasteiger partial charge >= 0.3 is 0 Å². The lowest BCUT2D eigenvalue weighted by atomic mass is 10.1. The van der Waals surface area contributed by atoms with E-state index in [1.807, 2.05) is 0 Å². The Kier molecular flexibility index (Phi) is 3.53. The highest BCUT2D eigenvalue weighted by atomic mass is 14.9. The summed E-state index contributed by atoms with van der Waals surface area (Å²) in [5.74, 6) is 0.926. The fraction of sp³-hybridized carbons (Fsp3) is 1.00. The van der Waals surface area contributed by atoms with Crippen LogP contribution in [0.3, 0.4) is 0 Å². The second-order valence-electron chi connectivity index (χ2n) is 4.59. The summed E-state index contributed by atoms with van der Waals surface area (Å²) in [5.41, 5.74) is 6.02. The van der Waals surface area contributed by atoms with E-state index in [2.05, 4.69) is 19.2 Å². The highest BCUT2D eigenvalue weighted by molar-refractivity contribution is 4.95. The molecule has 72 valence electrons. The highest BCUT2D eigenvalue weighted by Crippen LogP contribution is 2.50. The minimum absolute atomic E-state index is 0.626. The average molecular weight is 170 g/mol. The average Bonchev–Trinajstić information content (AvgIpc) is 2.59. The zero-order valence-electron chi connectivity index (χ0n) is 8.40. The van der Waals surface area contributed by atoms with Gasteiger partial charge in [-0.25, -0.2) is 0 Å². The van der Waals surface area contributed by atoms with Crippen molar-refractivity contribution in [1.82, 2.24) is 5.32 Å². The number of hydrogen-bond donors (Lipinski definition) is 2. The molecule has 3 N–H and O–H groups in total. The van der Waals surface area contributed by atoms with Crippen molar-refractivity contribution >= 4 is 0 Å². The van der Waals surface area contributed by atoms with Crippen LogP contribution >= 0.6 is 0 Å². The Morgan fingerprint density at radius 3 is 2.58 bits per heavy atom. The van der Waals surface area contributed by atoms with E-state index in [1.54, 1.807) is 0 Å². The SMILES string of the molecule is CC1(C)CC1CNCCCCN. The van der Waals surface area contributed by atoms with Crippen molar-refractivity contribution in [2.75, 3.05) is 19.6 Å². The Morgan fingerprint density at radius 2 is 2.08 bits per heavy atom. The predicted octanol–water partition coefficient (Wildman–Crippen LogP) is 1.36. The molecule has 2 heteroatoms. The van der Waals surface area contributed by atoms with Crippen molar-refractivity contribution < 1.29 is 0 Å². The fourth-order valence-electron chi connectivity index (χ4n) is 1.60. The Labute approximate surface area is 75.9 Å². The number of rotatable bonds is 6. The Morgan fingerprint density at radius 1 is 1.42 bits per heavy atom. The maximum atomic E-state index is 5.40. The topological polar surface area (TPSA) is 38.0 Å². The lowest BCUT2D eigenvalue weighted by Gasteiger charge is -2.05. The van der Waals surface area contributed by atoms with Crippen molar-refractivity contribution in [2.24, 2.45) is 17.1 Å². The smallest absolute Gasteiger partial charge is 0.00152 e. The standard InChI is InChI=1S/C10H22N2/c1-10(2)7-9(10)8-12-6-4-3-5-11/h9,12H,3-8,11H2,1-2H3. The summed E-state index contributed by atoms with van der Waals surface area (Å²) in [6.45, 7) is 7.87. The molecule has 2 nitrogen and oxygen atoms in total. The van der Waals surface area contributed by atoms with Crippen LogP contribution in [0.1, 0.15) is 33.1 Å². The maximum absolute atomic E-state index is 5.40. The van der Waals surface area contributed by atoms with Crippen LogP contribution in [0.15, 0.2) is 0 Å². The molecule has 1 aliphatic rings. The monoisotopic (exact) mass is 170 g/mol. The molecule has 1 aliphatic carbocycles. The second kappa shape index (κ2) is 4.24. The van der Waals surface area contributed by atoms with Gasteiger partial charge < -0.3 is 11.1 Å². The molecule has 1 unspecified atom stereocenters. The van der Waals surface area contributed by atoms with Gasteiger partial charge in [0.1, 0.15) is 0 Å². The maximum Gasteiger partial charge on any atom is -0.00152 e. The molecular weight excluding hydrogens is 148 g/mol. The minimum Gasteiger partial charge on any atom is -0.330 e. The van der Waals surface area contributed by atoms with Crippen LogP contribution in [-0.2, 0) is 0 Å². The first-order valence-corrected chi connectivity index (χ1v) is 5.07. The minimum atomic E-state index is 0.626. The molecule has 0 aromatic carbocycles. The van der Waals surface area contributed by atoms with Gasteiger partial charge in [-0.2, -0.15) is 0 Å². The van der Waals surface area contributed by atoms with Crippen molar-refractivity contribution in [3.05, 3.63) is 0 Å². The van der Waals surface area contributed by atoms with Crippen molar-refractivity contribution in [3.63, 3.8) is 0 Å². The highest BCUT2D eigenvalue weighted by Gasteiger charge is 2.44. The Balaban J connectivity index is 1.85. The van der Waals surface area contributed by atoms with Gasteiger partial charge in [-0.05, 0) is 50.2 Å². The molecule has 12 heavy (non-hydrogen) atoms. The molecule has 0 amide bonds. The van der Waals surface area contributed by atoms with Crippen LogP contribution < -0.4 is 11.1 Å². The molecule has 0 aromatic heterocycles. The summed E-state index contributed by atoms with van der Waals surface area (Å²) in [7, 11) is 0. The fourth-order valence-corrected chi connectivity index (χ4v) is 1.60. The zero-order valence-corrected chi connectivity index (χ0v) is 8.40. The normalized spacial score (nSPS) is 25.8. The van der Waals surface area contributed by atoms with E-state index in [9.17, 15) is 0 Å². The van der Waals surface area contributed by atoms with Crippen LogP contribution in [-0.4, -0.2) is 19.6 Å². The molecule has 0 heterocycles. The number of hydrogen-bond acceptors (Lipinski definition) is 2. The van der Waals surface area contributed by atoms with Crippen molar-refractivity contribution in [1.29, 1.82) is 0 Å². The molecule has 1 fully saturated rings. The Bertz CT molecular complexity index is 132. The molecular formula is C10H22N2. The molecule has 0 saturated heterocycles. The van der Waals surface area contributed by atoms with E-state index in [-0.39, 0.29) is 0 Å². The first-order valence-electron chi connectivity index (χ1n) is 5.07. The van der Waals surface area contributed by atoms with Gasteiger partial charge in [-0.1, -0.05) is 13.8 Å². The number of nitrogens with one attached hydrogen (secondary N) is 1. The third kappa shape index (κ3) is 3.11. The van der Waals surface area contributed by atoms with E-state index < -0.39 is 0 Å². The molecule has 1 rings (SSSR count). The molecule has 1 atom stereocenters. The number of nitrogens with two attached hydrogens (primary N) is 1. The van der Waals surface area contributed by atoms with E-state index >= 15 is 0 Å². The van der Waals surface area contributed by atoms with Crippen LogP contribution in [0.25, 0.3) is 0 Å². The second-order valence-corrected chi connectivity index (χ2v) is 4.59. The Hall–Kier alpha value is -0.0800. The van der Waals surface area contributed by atoms with Crippen LogP contribution in [0, 0.1) is 11.3 Å². The van der Waals surface area contributed by atoms with Gasteiger partial charge in [0.15, 0.2) is 0 Å². The van der Waals surface area contributed by atoms with E-state index in [4.69, 9.17) is 5.73 Å². The van der Waals surface area contributed by atoms with Gasteiger partial charge in [0.05, 0.1) is 0 Å². The zero-order chi connectivity index (χ0) is 9.03. The van der Waals surface area contributed by atoms with E-state index in [0.29, 0.717) is 5.41 Å². The summed E-state index contributed by atoms with van der Waals surface area (Å²) >= 11 is 0. The summed E-state index contributed by atoms with van der Waals surface area (Å²) in [4.78, 5) is 0. The van der Waals surface area contributed by atoms with Gasteiger partial charge in [0, 0.05) is 0 Å². The first kappa shape index (κ1) is 10.0. The summed E-state index contributed by atoms with van der Waals surface area (Å²) in [6, 6.07) is 0. The predicted molar refractivity (Wildman–Crippen MR) is 53.0 cm³/mol. The van der Waals surface area contributed by atoms with Gasteiger partial charge in [0.25, 0.3) is 0 Å². The summed E-state index contributed by atoms with van der Waals surface area (Å²) in [6.07, 6.45) is 3.78. The molecule has 0 bridgehead atoms. The molecule has 0 spiro atoms. The van der Waals surface area contributed by atoms with E-state index in [1.165, 1.54) is 19.4 Å². The summed E-state index contributed by atoms with van der Waals surface area (Å²) in [5, 5.41) is 3.48.